The molecule has 3 aromatic carbocycles. The van der Waals surface area contributed by atoms with Crippen molar-refractivity contribution in [1.82, 2.24) is 9.97 Å². The molecule has 0 aliphatic rings. The Kier molecular flexibility index (Phi) is 4.02. The summed E-state index contributed by atoms with van der Waals surface area (Å²) in [5.74, 6) is 1.16. The third-order valence-electron chi connectivity index (χ3n) is 4.37. The second-order valence-corrected chi connectivity index (χ2v) is 6.58. The Morgan fingerprint density at radius 2 is 1.24 bits per heavy atom. The van der Waals surface area contributed by atoms with Crippen LogP contribution in [0.5, 0.6) is 0 Å². The van der Waals surface area contributed by atoms with Crippen LogP contribution in [-0.4, -0.2) is 9.97 Å². The van der Waals surface area contributed by atoms with Crippen LogP contribution in [0.15, 0.2) is 78.9 Å². The molecule has 122 valence electrons. The largest absolute Gasteiger partial charge is 0.233 e. The molecule has 0 spiro atoms. The SMILES string of the molecule is CC(C)c1nc(-c2ccccc2)cc(-c2ccc3ccccc3c2)n1. The van der Waals surface area contributed by atoms with Crippen molar-refractivity contribution >= 4 is 10.8 Å². The molecule has 0 radical (unpaired) electrons. The minimum atomic E-state index is 0.280. The topological polar surface area (TPSA) is 25.8 Å². The summed E-state index contributed by atoms with van der Waals surface area (Å²) in [6, 6.07) is 27.3. The van der Waals surface area contributed by atoms with Crippen LogP contribution in [0.2, 0.25) is 0 Å². The molecule has 4 rings (SSSR count). The van der Waals surface area contributed by atoms with Crippen molar-refractivity contribution < 1.29 is 0 Å². The Bertz CT molecular complexity index is 1020. The lowest BCUT2D eigenvalue weighted by atomic mass is 10.0. The lowest BCUT2D eigenvalue weighted by Gasteiger charge is -2.11. The first-order valence-corrected chi connectivity index (χ1v) is 8.64. The van der Waals surface area contributed by atoms with Crippen molar-refractivity contribution in [2.45, 2.75) is 19.8 Å². The molecule has 0 aliphatic carbocycles. The van der Waals surface area contributed by atoms with Crippen molar-refractivity contribution in [3.05, 3.63) is 84.7 Å². The van der Waals surface area contributed by atoms with Crippen LogP contribution in [0.4, 0.5) is 0 Å². The van der Waals surface area contributed by atoms with E-state index < -0.39 is 0 Å². The predicted molar refractivity (Wildman–Crippen MR) is 104 cm³/mol. The lowest BCUT2D eigenvalue weighted by Crippen LogP contribution is -2.01. The molecule has 2 nitrogen and oxygen atoms in total. The molecule has 2 heteroatoms. The second-order valence-electron chi connectivity index (χ2n) is 6.58. The van der Waals surface area contributed by atoms with E-state index in [-0.39, 0.29) is 5.92 Å². The van der Waals surface area contributed by atoms with E-state index in [9.17, 15) is 0 Å². The molecule has 0 amide bonds. The maximum Gasteiger partial charge on any atom is 0.132 e. The highest BCUT2D eigenvalue weighted by atomic mass is 14.9. The molecule has 0 fully saturated rings. The van der Waals surface area contributed by atoms with Gasteiger partial charge in [-0.05, 0) is 22.9 Å². The molecule has 0 saturated carbocycles. The van der Waals surface area contributed by atoms with Crippen LogP contribution in [0.1, 0.15) is 25.6 Å². The summed E-state index contributed by atoms with van der Waals surface area (Å²) >= 11 is 0. The highest BCUT2D eigenvalue weighted by Crippen LogP contribution is 2.28. The van der Waals surface area contributed by atoms with Gasteiger partial charge in [0.1, 0.15) is 5.82 Å². The van der Waals surface area contributed by atoms with Crippen LogP contribution >= 0.6 is 0 Å². The van der Waals surface area contributed by atoms with Gasteiger partial charge in [-0.3, -0.25) is 0 Å². The molecule has 25 heavy (non-hydrogen) atoms. The molecular formula is C23H20N2. The van der Waals surface area contributed by atoms with Crippen molar-refractivity contribution in [3.8, 4) is 22.5 Å². The van der Waals surface area contributed by atoms with Gasteiger partial charge in [0.2, 0.25) is 0 Å². The quantitative estimate of drug-likeness (QED) is 0.456. The maximum absolute atomic E-state index is 4.82. The minimum absolute atomic E-state index is 0.280. The molecule has 0 N–H and O–H groups in total. The highest BCUT2D eigenvalue weighted by molar-refractivity contribution is 5.87. The summed E-state index contributed by atoms with van der Waals surface area (Å²) in [6.07, 6.45) is 0. The fourth-order valence-electron chi connectivity index (χ4n) is 2.98. The van der Waals surface area contributed by atoms with E-state index >= 15 is 0 Å². The van der Waals surface area contributed by atoms with Gasteiger partial charge in [-0.15, -0.1) is 0 Å². The van der Waals surface area contributed by atoms with E-state index in [0.717, 1.165) is 28.3 Å². The van der Waals surface area contributed by atoms with Crippen molar-refractivity contribution in [2.24, 2.45) is 0 Å². The van der Waals surface area contributed by atoms with E-state index in [1.807, 2.05) is 18.2 Å². The lowest BCUT2D eigenvalue weighted by molar-refractivity contribution is 0.778. The van der Waals surface area contributed by atoms with Crippen LogP contribution in [0.25, 0.3) is 33.3 Å². The first kappa shape index (κ1) is 15.5. The average Bonchev–Trinajstić information content (AvgIpc) is 2.68. The van der Waals surface area contributed by atoms with Gasteiger partial charge in [0.25, 0.3) is 0 Å². The standard InChI is InChI=1S/C23H20N2/c1-16(2)23-24-21(18-9-4-3-5-10-18)15-22(25-23)20-13-12-17-8-6-7-11-19(17)14-20/h3-16H,1-2H3. The van der Waals surface area contributed by atoms with Gasteiger partial charge in [-0.1, -0.05) is 80.6 Å². The third kappa shape index (κ3) is 3.16. The molecule has 0 saturated heterocycles. The summed E-state index contributed by atoms with van der Waals surface area (Å²) in [7, 11) is 0. The van der Waals surface area contributed by atoms with Crippen LogP contribution in [0.3, 0.4) is 0 Å². The molecule has 0 aliphatic heterocycles. The Morgan fingerprint density at radius 3 is 1.96 bits per heavy atom. The van der Waals surface area contributed by atoms with Gasteiger partial charge < -0.3 is 0 Å². The Balaban J connectivity index is 1.89. The number of nitrogens with zero attached hydrogens (tertiary/aromatic N) is 2. The summed E-state index contributed by atoms with van der Waals surface area (Å²) < 4.78 is 0. The Labute approximate surface area is 148 Å². The van der Waals surface area contributed by atoms with Gasteiger partial charge in [0.15, 0.2) is 0 Å². The average molecular weight is 324 g/mol. The van der Waals surface area contributed by atoms with Crippen molar-refractivity contribution in [3.63, 3.8) is 0 Å². The van der Waals surface area contributed by atoms with E-state index in [0.29, 0.717) is 0 Å². The van der Waals surface area contributed by atoms with Crippen molar-refractivity contribution in [2.75, 3.05) is 0 Å². The number of fused-ring (bicyclic) bond motifs is 1. The van der Waals surface area contributed by atoms with Gasteiger partial charge in [-0.2, -0.15) is 0 Å². The molecule has 0 atom stereocenters. The summed E-state index contributed by atoms with van der Waals surface area (Å²) in [5, 5.41) is 2.47. The second kappa shape index (κ2) is 6.48. The zero-order valence-corrected chi connectivity index (χ0v) is 14.5. The monoisotopic (exact) mass is 324 g/mol. The number of aromatic nitrogens is 2. The zero-order chi connectivity index (χ0) is 17.2. The smallest absolute Gasteiger partial charge is 0.132 e. The van der Waals surface area contributed by atoms with Gasteiger partial charge in [0, 0.05) is 17.0 Å². The number of hydrogen-bond acceptors (Lipinski definition) is 2. The van der Waals surface area contributed by atoms with Crippen LogP contribution in [-0.2, 0) is 0 Å². The highest BCUT2D eigenvalue weighted by Gasteiger charge is 2.11. The van der Waals surface area contributed by atoms with Crippen molar-refractivity contribution in [1.29, 1.82) is 0 Å². The fraction of sp³-hybridized carbons (Fsp3) is 0.130. The summed E-state index contributed by atoms with van der Waals surface area (Å²) in [4.78, 5) is 9.60. The number of hydrogen-bond donors (Lipinski definition) is 0. The Hall–Kier alpha value is -3.00. The van der Waals surface area contributed by atoms with E-state index in [1.165, 1.54) is 10.8 Å². The van der Waals surface area contributed by atoms with Gasteiger partial charge in [0.05, 0.1) is 11.4 Å². The molecule has 1 heterocycles. The molecular weight excluding hydrogens is 304 g/mol. The van der Waals surface area contributed by atoms with E-state index in [2.05, 4.69) is 74.5 Å². The number of benzene rings is 3. The van der Waals surface area contributed by atoms with Gasteiger partial charge in [-0.25, -0.2) is 9.97 Å². The molecule has 0 bridgehead atoms. The maximum atomic E-state index is 4.82. The normalized spacial score (nSPS) is 11.2. The van der Waals surface area contributed by atoms with Crippen LogP contribution in [0, 0.1) is 0 Å². The summed E-state index contributed by atoms with van der Waals surface area (Å²) in [6.45, 7) is 4.27. The van der Waals surface area contributed by atoms with Gasteiger partial charge >= 0.3 is 0 Å². The Morgan fingerprint density at radius 1 is 0.600 bits per heavy atom. The van der Waals surface area contributed by atoms with E-state index in [4.69, 9.17) is 9.97 Å². The van der Waals surface area contributed by atoms with E-state index in [1.54, 1.807) is 0 Å². The third-order valence-corrected chi connectivity index (χ3v) is 4.37. The first-order valence-electron chi connectivity index (χ1n) is 8.64. The summed E-state index contributed by atoms with van der Waals surface area (Å²) in [5.41, 5.74) is 4.19. The predicted octanol–water partition coefficient (Wildman–Crippen LogP) is 6.09. The molecule has 0 unspecified atom stereocenters. The van der Waals surface area contributed by atoms with Crippen LogP contribution < -0.4 is 0 Å². The first-order chi connectivity index (χ1) is 12.2. The molecule has 1 aromatic heterocycles. The zero-order valence-electron chi connectivity index (χ0n) is 14.5. The minimum Gasteiger partial charge on any atom is -0.233 e. The fourth-order valence-corrected chi connectivity index (χ4v) is 2.98. The molecule has 4 aromatic rings. The number of rotatable bonds is 3.